The summed E-state index contributed by atoms with van der Waals surface area (Å²) >= 11 is 6.46. The molecule has 0 aliphatic carbocycles. The average Bonchev–Trinajstić information content (AvgIpc) is 3.13. The molecule has 1 N–H and O–H groups in total. The van der Waals surface area contributed by atoms with Crippen LogP contribution in [0.1, 0.15) is 28.1 Å². The molecule has 1 aliphatic heterocycles. The maximum Gasteiger partial charge on any atom is 0.264 e. The second-order valence-corrected chi connectivity index (χ2v) is 8.16. The molecule has 0 unspecified atom stereocenters. The number of furan rings is 1. The molecule has 142 valence electrons. The summed E-state index contributed by atoms with van der Waals surface area (Å²) < 4.78 is 6.33. The van der Waals surface area contributed by atoms with Gasteiger partial charge in [0.15, 0.2) is 16.0 Å². The molecule has 0 fully saturated rings. The van der Waals surface area contributed by atoms with Crippen molar-refractivity contribution in [2.24, 2.45) is 0 Å². The molecule has 0 bridgehead atoms. The van der Waals surface area contributed by atoms with Gasteiger partial charge in [-0.15, -0.1) is 0 Å². The zero-order valence-electron chi connectivity index (χ0n) is 14.6. The molecule has 1 aromatic heterocycles. The molecule has 4 rings (SSSR count). The van der Waals surface area contributed by atoms with Crippen LogP contribution in [0, 0.1) is 0 Å². The lowest BCUT2D eigenvalue weighted by Gasteiger charge is -2.22. The number of carbonyl (C=O) groups excluding carboxylic acids is 2. The van der Waals surface area contributed by atoms with Gasteiger partial charge < -0.3 is 14.4 Å². The first-order valence-electron chi connectivity index (χ1n) is 8.56. The Bertz CT molecular complexity index is 1040. The zero-order valence-corrected chi connectivity index (χ0v) is 17.7. The second-order valence-electron chi connectivity index (χ2n) is 6.59. The first kappa shape index (κ1) is 19.1. The van der Waals surface area contributed by atoms with E-state index >= 15 is 0 Å². The van der Waals surface area contributed by atoms with Gasteiger partial charge in [0.05, 0.1) is 23.1 Å². The number of fused-ring (bicyclic) bond motifs is 1. The molecule has 0 spiro atoms. The molecule has 5 nitrogen and oxygen atoms in total. The van der Waals surface area contributed by atoms with Crippen LogP contribution < -0.4 is 4.90 Å². The van der Waals surface area contributed by atoms with Crippen molar-refractivity contribution in [3.05, 3.63) is 86.7 Å². The molecule has 28 heavy (non-hydrogen) atoms. The van der Waals surface area contributed by atoms with Crippen molar-refractivity contribution in [3.8, 4) is 0 Å². The Labute approximate surface area is 178 Å². The van der Waals surface area contributed by atoms with E-state index in [1.807, 2.05) is 30.3 Å². The summed E-state index contributed by atoms with van der Waals surface area (Å²) in [5.41, 5.74) is 0.0244. The summed E-state index contributed by atoms with van der Waals surface area (Å²) in [6.07, 6.45) is -0.402. The first-order chi connectivity index (χ1) is 13.4. The van der Waals surface area contributed by atoms with Crippen molar-refractivity contribution in [1.29, 1.82) is 0 Å². The molecule has 7 heteroatoms. The third kappa shape index (κ3) is 3.23. The molecular weight excluding hydrogens is 490 g/mol. The van der Waals surface area contributed by atoms with Crippen LogP contribution >= 0.6 is 31.9 Å². The monoisotopic (exact) mass is 503 g/mol. The van der Waals surface area contributed by atoms with Gasteiger partial charge in [-0.05, 0) is 43.5 Å². The number of benzene rings is 2. The van der Waals surface area contributed by atoms with Crippen molar-refractivity contribution in [2.45, 2.75) is 18.6 Å². The Morgan fingerprint density at radius 2 is 1.75 bits per heavy atom. The van der Waals surface area contributed by atoms with Crippen LogP contribution in [-0.2, 0) is 16.9 Å². The number of para-hydroxylation sites is 1. The lowest BCUT2D eigenvalue weighted by molar-refractivity contribution is -0.136. The summed E-state index contributed by atoms with van der Waals surface area (Å²) in [7, 11) is 0. The number of halogens is 2. The highest BCUT2D eigenvalue weighted by atomic mass is 79.9. The van der Waals surface area contributed by atoms with Gasteiger partial charge >= 0.3 is 0 Å². The topological polar surface area (TPSA) is 70.8 Å². The summed E-state index contributed by atoms with van der Waals surface area (Å²) in [6, 6.07) is 18.0. The number of hydrogen-bond acceptors (Lipinski definition) is 4. The van der Waals surface area contributed by atoms with Crippen molar-refractivity contribution < 1.29 is 19.1 Å². The Morgan fingerprint density at radius 3 is 2.43 bits per heavy atom. The highest BCUT2D eigenvalue weighted by molar-refractivity contribution is 9.13. The zero-order chi connectivity index (χ0) is 19.9. The van der Waals surface area contributed by atoms with Crippen LogP contribution in [0.3, 0.4) is 0 Å². The Kier molecular flexibility index (Phi) is 4.99. The number of Topliss-reactive ketones (excluding diaryl/α,β-unsaturated/α-hetero) is 1. The second kappa shape index (κ2) is 7.31. The smallest absolute Gasteiger partial charge is 0.264 e. The van der Waals surface area contributed by atoms with E-state index in [1.54, 1.807) is 24.3 Å². The molecule has 1 amide bonds. The van der Waals surface area contributed by atoms with Crippen molar-refractivity contribution in [3.63, 3.8) is 0 Å². The predicted octanol–water partition coefficient (Wildman–Crippen LogP) is 4.81. The van der Waals surface area contributed by atoms with E-state index in [1.165, 1.54) is 11.0 Å². The lowest BCUT2D eigenvalue weighted by Crippen LogP contribution is -2.41. The standard InChI is InChI=1S/C21H15Br2NO4/c22-15-10-18(28-19(15)23)17(25)11-21(27)14-8-4-5-9-16(14)24(20(21)26)12-13-6-2-1-3-7-13/h1-10,27H,11-12H2/t21-/m1/s1. The highest BCUT2D eigenvalue weighted by Crippen LogP contribution is 2.43. The number of anilines is 1. The fourth-order valence-electron chi connectivity index (χ4n) is 3.40. The third-order valence-corrected chi connectivity index (χ3v) is 6.47. The van der Waals surface area contributed by atoms with E-state index in [4.69, 9.17) is 4.42 Å². The number of carbonyl (C=O) groups is 2. The molecule has 1 atom stereocenters. The minimum atomic E-state index is -1.94. The Hall–Kier alpha value is -2.22. The summed E-state index contributed by atoms with van der Waals surface area (Å²) in [5.74, 6) is -0.909. The van der Waals surface area contributed by atoms with E-state index < -0.39 is 23.7 Å². The van der Waals surface area contributed by atoms with Gasteiger partial charge in [0.2, 0.25) is 5.78 Å². The number of nitrogens with zero attached hydrogens (tertiary/aromatic N) is 1. The summed E-state index contributed by atoms with van der Waals surface area (Å²) in [6.45, 7) is 0.311. The largest absolute Gasteiger partial charge is 0.445 e. The van der Waals surface area contributed by atoms with Crippen LogP contribution in [-0.4, -0.2) is 16.8 Å². The number of aliphatic hydroxyl groups is 1. The molecule has 2 aromatic carbocycles. The SMILES string of the molecule is O=C(C[C@]1(O)C(=O)N(Cc2ccccc2)c2ccccc21)c1cc(Br)c(Br)o1. The van der Waals surface area contributed by atoms with E-state index in [9.17, 15) is 14.7 Å². The van der Waals surface area contributed by atoms with Crippen LogP contribution in [0.4, 0.5) is 5.69 Å². The lowest BCUT2D eigenvalue weighted by atomic mass is 9.89. The van der Waals surface area contributed by atoms with Crippen molar-refractivity contribution >= 4 is 49.2 Å². The van der Waals surface area contributed by atoms with Crippen LogP contribution in [0.2, 0.25) is 0 Å². The first-order valence-corrected chi connectivity index (χ1v) is 10.1. The molecule has 1 aliphatic rings. The number of amides is 1. The maximum atomic E-state index is 13.2. The average molecular weight is 505 g/mol. The number of ketones is 1. The quantitative estimate of drug-likeness (QED) is 0.506. The van der Waals surface area contributed by atoms with E-state index in [0.717, 1.165) is 5.56 Å². The Morgan fingerprint density at radius 1 is 1.07 bits per heavy atom. The molecule has 0 saturated carbocycles. The van der Waals surface area contributed by atoms with Crippen molar-refractivity contribution in [1.82, 2.24) is 0 Å². The van der Waals surface area contributed by atoms with Crippen LogP contribution in [0.5, 0.6) is 0 Å². The molecular formula is C21H15Br2NO4. The van der Waals surface area contributed by atoms with Crippen LogP contribution in [0.15, 0.2) is 74.2 Å². The molecule has 0 radical (unpaired) electrons. The molecule has 2 heterocycles. The normalized spacial score (nSPS) is 18.4. The maximum absolute atomic E-state index is 13.2. The molecule has 0 saturated heterocycles. The Balaban J connectivity index is 1.68. The fourth-order valence-corrected chi connectivity index (χ4v) is 3.98. The van der Waals surface area contributed by atoms with E-state index in [2.05, 4.69) is 31.9 Å². The van der Waals surface area contributed by atoms with Crippen LogP contribution in [0.25, 0.3) is 0 Å². The summed E-state index contributed by atoms with van der Waals surface area (Å²) in [4.78, 5) is 27.4. The highest BCUT2D eigenvalue weighted by Gasteiger charge is 2.51. The van der Waals surface area contributed by atoms with Gasteiger partial charge in [-0.2, -0.15) is 0 Å². The fraction of sp³-hybridized carbons (Fsp3) is 0.143. The van der Waals surface area contributed by atoms with Gasteiger partial charge in [-0.1, -0.05) is 48.5 Å². The summed E-state index contributed by atoms with van der Waals surface area (Å²) in [5, 5.41) is 11.3. The minimum Gasteiger partial charge on any atom is -0.445 e. The van der Waals surface area contributed by atoms with Gasteiger partial charge in [0.25, 0.3) is 5.91 Å². The minimum absolute atomic E-state index is 0.0685. The van der Waals surface area contributed by atoms with Gasteiger partial charge in [0, 0.05) is 11.6 Å². The van der Waals surface area contributed by atoms with Gasteiger partial charge in [0.1, 0.15) is 0 Å². The number of rotatable bonds is 5. The predicted molar refractivity (Wildman–Crippen MR) is 111 cm³/mol. The van der Waals surface area contributed by atoms with Gasteiger partial charge in [-0.25, -0.2) is 0 Å². The van der Waals surface area contributed by atoms with Gasteiger partial charge in [-0.3, -0.25) is 9.59 Å². The number of hydrogen-bond donors (Lipinski definition) is 1. The molecule has 3 aromatic rings. The third-order valence-electron chi connectivity index (χ3n) is 4.76. The van der Waals surface area contributed by atoms with E-state index in [0.29, 0.717) is 26.9 Å². The van der Waals surface area contributed by atoms with Crippen molar-refractivity contribution in [2.75, 3.05) is 4.90 Å². The van der Waals surface area contributed by atoms with E-state index in [-0.39, 0.29) is 5.76 Å².